The summed E-state index contributed by atoms with van der Waals surface area (Å²) in [6.07, 6.45) is -0.363. The van der Waals surface area contributed by atoms with Crippen LogP contribution in [-0.4, -0.2) is 36.2 Å². The predicted molar refractivity (Wildman–Crippen MR) is 83.8 cm³/mol. The summed E-state index contributed by atoms with van der Waals surface area (Å²) in [6.45, 7) is 3.96. The van der Waals surface area contributed by atoms with Gasteiger partial charge in [0.2, 0.25) is 12.0 Å². The monoisotopic (exact) mass is 323 g/mol. The van der Waals surface area contributed by atoms with Gasteiger partial charge in [0, 0.05) is 18.0 Å². The number of carbonyl (C=O) groups is 2. The quantitative estimate of drug-likeness (QED) is 0.861. The third kappa shape index (κ3) is 3.98. The number of carbonyl (C=O) groups excluding carboxylic acids is 2. The van der Waals surface area contributed by atoms with Gasteiger partial charge in [-0.25, -0.2) is 0 Å². The van der Waals surface area contributed by atoms with E-state index in [0.29, 0.717) is 23.7 Å². The first kappa shape index (κ1) is 16.3. The van der Waals surface area contributed by atoms with Crippen LogP contribution in [0.1, 0.15) is 25.8 Å². The molecule has 1 aromatic rings. The van der Waals surface area contributed by atoms with Gasteiger partial charge in [0.1, 0.15) is 6.04 Å². The molecule has 0 unspecified atom stereocenters. The fourth-order valence-corrected chi connectivity index (χ4v) is 2.16. The molecular weight excluding hydrogens is 306 g/mol. The van der Waals surface area contributed by atoms with Crippen molar-refractivity contribution in [3.05, 3.63) is 34.9 Å². The molecule has 2 amide bonds. The van der Waals surface area contributed by atoms with Gasteiger partial charge in [-0.05, 0) is 31.5 Å². The number of nitrogens with zero attached hydrogens (tertiary/aromatic N) is 1. The lowest BCUT2D eigenvalue weighted by atomic mass is 10.0. The van der Waals surface area contributed by atoms with Crippen LogP contribution in [0.5, 0.6) is 0 Å². The van der Waals surface area contributed by atoms with Crippen molar-refractivity contribution in [3.8, 4) is 0 Å². The summed E-state index contributed by atoms with van der Waals surface area (Å²) in [5.74, 6) is -0.584. The van der Waals surface area contributed by atoms with Crippen molar-refractivity contribution in [2.45, 2.75) is 32.4 Å². The SMILES string of the molecule is CCNC(=O)[C@@H](C)NC(=O)[C@@H]1CC(c2ccc(Cl)cc2)=NO1. The Morgan fingerprint density at radius 1 is 1.41 bits per heavy atom. The first-order valence-electron chi connectivity index (χ1n) is 7.08. The molecule has 7 heteroatoms. The minimum Gasteiger partial charge on any atom is -0.382 e. The molecule has 1 heterocycles. The second-order valence-electron chi connectivity index (χ2n) is 4.97. The zero-order valence-electron chi connectivity index (χ0n) is 12.4. The van der Waals surface area contributed by atoms with Crippen molar-refractivity contribution in [1.29, 1.82) is 0 Å². The van der Waals surface area contributed by atoms with Crippen LogP contribution in [0.25, 0.3) is 0 Å². The van der Waals surface area contributed by atoms with Crippen molar-refractivity contribution < 1.29 is 14.4 Å². The first-order valence-corrected chi connectivity index (χ1v) is 7.45. The lowest BCUT2D eigenvalue weighted by molar-refractivity contribution is -0.135. The lowest BCUT2D eigenvalue weighted by Crippen LogP contribution is -2.48. The lowest BCUT2D eigenvalue weighted by Gasteiger charge is -2.15. The molecule has 0 saturated carbocycles. The number of amides is 2. The highest BCUT2D eigenvalue weighted by Crippen LogP contribution is 2.18. The van der Waals surface area contributed by atoms with Gasteiger partial charge in [-0.1, -0.05) is 28.9 Å². The second kappa shape index (κ2) is 7.26. The molecule has 2 rings (SSSR count). The Balaban J connectivity index is 1.90. The van der Waals surface area contributed by atoms with Gasteiger partial charge < -0.3 is 15.5 Å². The zero-order valence-corrected chi connectivity index (χ0v) is 13.2. The van der Waals surface area contributed by atoms with E-state index in [2.05, 4.69) is 15.8 Å². The highest BCUT2D eigenvalue weighted by atomic mass is 35.5. The molecule has 6 nitrogen and oxygen atoms in total. The maximum atomic E-state index is 12.1. The van der Waals surface area contributed by atoms with Gasteiger partial charge >= 0.3 is 0 Å². The van der Waals surface area contributed by atoms with Crippen molar-refractivity contribution >= 4 is 29.1 Å². The fourth-order valence-electron chi connectivity index (χ4n) is 2.03. The van der Waals surface area contributed by atoms with Crippen LogP contribution in [0, 0.1) is 0 Å². The molecule has 0 fully saturated rings. The maximum absolute atomic E-state index is 12.1. The van der Waals surface area contributed by atoms with Crippen molar-refractivity contribution in [2.75, 3.05) is 6.54 Å². The number of hydrogen-bond donors (Lipinski definition) is 2. The van der Waals surface area contributed by atoms with Crippen molar-refractivity contribution in [3.63, 3.8) is 0 Å². The first-order chi connectivity index (χ1) is 10.5. The highest BCUT2D eigenvalue weighted by molar-refractivity contribution is 6.30. The van der Waals surface area contributed by atoms with E-state index >= 15 is 0 Å². The number of rotatable bonds is 5. The summed E-state index contributed by atoms with van der Waals surface area (Å²) in [6, 6.07) is 6.54. The minimum atomic E-state index is -0.720. The molecular formula is C15H18ClN3O3. The van der Waals surface area contributed by atoms with E-state index in [1.165, 1.54) is 0 Å². The van der Waals surface area contributed by atoms with E-state index in [-0.39, 0.29) is 11.8 Å². The molecule has 0 aromatic heterocycles. The third-order valence-electron chi connectivity index (χ3n) is 3.24. The van der Waals surface area contributed by atoms with E-state index in [4.69, 9.17) is 16.4 Å². The Labute approximate surface area is 133 Å². The molecule has 118 valence electrons. The topological polar surface area (TPSA) is 79.8 Å². The van der Waals surface area contributed by atoms with E-state index in [1.807, 2.05) is 19.1 Å². The molecule has 0 spiro atoms. The smallest absolute Gasteiger partial charge is 0.264 e. The minimum absolute atomic E-state index is 0.229. The van der Waals surface area contributed by atoms with Crippen LogP contribution >= 0.6 is 11.6 Å². The third-order valence-corrected chi connectivity index (χ3v) is 3.49. The van der Waals surface area contributed by atoms with Gasteiger partial charge in [-0.3, -0.25) is 9.59 Å². The van der Waals surface area contributed by atoms with E-state index in [9.17, 15) is 9.59 Å². The summed E-state index contributed by atoms with van der Waals surface area (Å²) in [4.78, 5) is 28.9. The molecule has 0 aliphatic carbocycles. The van der Waals surface area contributed by atoms with E-state index in [0.717, 1.165) is 5.56 Å². The van der Waals surface area contributed by atoms with Gasteiger partial charge in [0.05, 0.1) is 5.71 Å². The van der Waals surface area contributed by atoms with Crippen LogP contribution in [0.2, 0.25) is 5.02 Å². The van der Waals surface area contributed by atoms with Crippen LogP contribution < -0.4 is 10.6 Å². The standard InChI is InChI=1S/C15H18ClN3O3/c1-3-17-14(20)9(2)18-15(21)13-8-12(19-22-13)10-4-6-11(16)7-5-10/h4-7,9,13H,3,8H2,1-2H3,(H,17,20)(H,18,21)/t9-,13+/m1/s1. The fraction of sp³-hybridized carbons (Fsp3) is 0.400. The van der Waals surface area contributed by atoms with Crippen LogP contribution in [0.4, 0.5) is 0 Å². The molecule has 2 N–H and O–H groups in total. The van der Waals surface area contributed by atoms with Crippen LogP contribution in [-0.2, 0) is 14.4 Å². The number of oxime groups is 1. The van der Waals surface area contributed by atoms with Gasteiger partial charge in [0.15, 0.2) is 0 Å². The number of benzene rings is 1. The summed E-state index contributed by atoms with van der Waals surface area (Å²) in [7, 11) is 0. The number of likely N-dealkylation sites (N-methyl/N-ethyl adjacent to an activating group) is 1. The largest absolute Gasteiger partial charge is 0.382 e. The Hall–Kier alpha value is -2.08. The molecule has 2 atom stereocenters. The molecule has 22 heavy (non-hydrogen) atoms. The van der Waals surface area contributed by atoms with Gasteiger partial charge in [-0.15, -0.1) is 0 Å². The van der Waals surface area contributed by atoms with E-state index in [1.54, 1.807) is 19.1 Å². The Morgan fingerprint density at radius 2 is 2.09 bits per heavy atom. The average molecular weight is 324 g/mol. The number of nitrogens with one attached hydrogen (secondary N) is 2. The Morgan fingerprint density at radius 3 is 2.73 bits per heavy atom. The Kier molecular flexibility index (Phi) is 5.38. The highest BCUT2D eigenvalue weighted by Gasteiger charge is 2.30. The van der Waals surface area contributed by atoms with Gasteiger partial charge in [-0.2, -0.15) is 0 Å². The van der Waals surface area contributed by atoms with Crippen LogP contribution in [0.3, 0.4) is 0 Å². The summed E-state index contributed by atoms with van der Waals surface area (Å²) >= 11 is 5.84. The summed E-state index contributed by atoms with van der Waals surface area (Å²) in [5, 5.41) is 9.83. The summed E-state index contributed by atoms with van der Waals surface area (Å²) in [5.41, 5.74) is 1.54. The zero-order chi connectivity index (χ0) is 16.1. The maximum Gasteiger partial charge on any atom is 0.264 e. The average Bonchev–Trinajstić information content (AvgIpc) is 2.98. The second-order valence-corrected chi connectivity index (χ2v) is 5.40. The molecule has 0 saturated heterocycles. The summed E-state index contributed by atoms with van der Waals surface area (Å²) < 4.78 is 0. The molecule has 1 aromatic carbocycles. The van der Waals surface area contributed by atoms with Crippen LogP contribution in [0.15, 0.2) is 29.4 Å². The number of halogens is 1. The molecule has 0 radical (unpaired) electrons. The molecule has 0 bridgehead atoms. The van der Waals surface area contributed by atoms with Crippen molar-refractivity contribution in [2.24, 2.45) is 5.16 Å². The van der Waals surface area contributed by atoms with Gasteiger partial charge in [0.25, 0.3) is 5.91 Å². The normalized spacial score (nSPS) is 18.1. The molecule has 1 aliphatic rings. The van der Waals surface area contributed by atoms with E-state index < -0.39 is 12.1 Å². The Bertz CT molecular complexity index is 586. The molecule has 1 aliphatic heterocycles. The predicted octanol–water partition coefficient (Wildman–Crippen LogP) is 1.47. The number of hydrogen-bond acceptors (Lipinski definition) is 4. The van der Waals surface area contributed by atoms with Crippen molar-refractivity contribution in [1.82, 2.24) is 10.6 Å².